The van der Waals surface area contributed by atoms with Gasteiger partial charge in [-0.2, -0.15) is 0 Å². The Hall–Kier alpha value is -1.26. The largest absolute Gasteiger partial charge is 0.489 e. The molecule has 116 valence electrons. The van der Waals surface area contributed by atoms with Crippen molar-refractivity contribution < 1.29 is 9.47 Å². The predicted molar refractivity (Wildman–Crippen MR) is 85.2 cm³/mol. The van der Waals surface area contributed by atoms with Crippen LogP contribution in [0.25, 0.3) is 0 Å². The molecule has 0 aromatic heterocycles. The van der Waals surface area contributed by atoms with Gasteiger partial charge in [0.1, 0.15) is 18.5 Å². The number of fused-ring (bicyclic) bond motifs is 1. The molecule has 2 aliphatic rings. The third-order valence-electron chi connectivity index (χ3n) is 4.44. The number of para-hydroxylation sites is 1. The van der Waals surface area contributed by atoms with Crippen molar-refractivity contribution in [3.05, 3.63) is 23.8 Å². The highest BCUT2D eigenvalue weighted by Gasteiger charge is 2.22. The van der Waals surface area contributed by atoms with E-state index in [0.29, 0.717) is 12.6 Å². The minimum absolute atomic E-state index is 0.176. The molecule has 1 saturated heterocycles. The molecule has 2 heterocycles. The molecule has 0 radical (unpaired) electrons. The van der Waals surface area contributed by atoms with Crippen molar-refractivity contribution in [3.8, 4) is 5.75 Å². The molecule has 2 unspecified atom stereocenters. The van der Waals surface area contributed by atoms with Gasteiger partial charge in [-0.1, -0.05) is 19.1 Å². The molecule has 2 atom stereocenters. The summed E-state index contributed by atoms with van der Waals surface area (Å²) in [5.74, 6) is 0.969. The van der Waals surface area contributed by atoms with Crippen molar-refractivity contribution in [2.75, 3.05) is 38.2 Å². The summed E-state index contributed by atoms with van der Waals surface area (Å²) in [6.45, 7) is 8.94. The number of morpholine rings is 1. The Morgan fingerprint density at radius 3 is 3.19 bits per heavy atom. The lowest BCUT2D eigenvalue weighted by atomic mass is 9.98. The van der Waals surface area contributed by atoms with E-state index in [1.165, 1.54) is 17.7 Å². The Labute approximate surface area is 127 Å². The number of nitrogens with zero attached hydrogens (tertiary/aromatic N) is 1. The second-order valence-corrected chi connectivity index (χ2v) is 6.07. The van der Waals surface area contributed by atoms with Crippen LogP contribution in [0.1, 0.15) is 25.8 Å². The quantitative estimate of drug-likeness (QED) is 0.924. The molecule has 0 amide bonds. The summed E-state index contributed by atoms with van der Waals surface area (Å²) in [5.41, 5.74) is 2.55. The average molecular weight is 290 g/mol. The molecule has 0 saturated carbocycles. The SMILES string of the molecule is CCN1CCOC(COc2cccc3c2NC(C)CC3)C1. The van der Waals surface area contributed by atoms with Crippen LogP contribution in [0.2, 0.25) is 0 Å². The number of benzene rings is 1. The highest BCUT2D eigenvalue weighted by molar-refractivity contribution is 5.63. The number of nitrogens with one attached hydrogen (secondary N) is 1. The van der Waals surface area contributed by atoms with Gasteiger partial charge in [0.25, 0.3) is 0 Å². The van der Waals surface area contributed by atoms with Crippen LogP contribution in [0.5, 0.6) is 5.75 Å². The Balaban J connectivity index is 1.63. The Morgan fingerprint density at radius 2 is 2.33 bits per heavy atom. The van der Waals surface area contributed by atoms with Crippen LogP contribution in [0.3, 0.4) is 0 Å². The maximum Gasteiger partial charge on any atom is 0.142 e. The fourth-order valence-electron chi connectivity index (χ4n) is 3.11. The summed E-state index contributed by atoms with van der Waals surface area (Å²) in [7, 11) is 0. The van der Waals surface area contributed by atoms with Crippen LogP contribution < -0.4 is 10.1 Å². The normalized spacial score (nSPS) is 26.0. The topological polar surface area (TPSA) is 33.7 Å². The lowest BCUT2D eigenvalue weighted by Crippen LogP contribution is -2.44. The minimum atomic E-state index is 0.176. The molecule has 1 aromatic carbocycles. The van der Waals surface area contributed by atoms with Crippen LogP contribution >= 0.6 is 0 Å². The van der Waals surface area contributed by atoms with Crippen molar-refractivity contribution in [1.29, 1.82) is 0 Å². The van der Waals surface area contributed by atoms with E-state index in [2.05, 4.69) is 42.3 Å². The van der Waals surface area contributed by atoms with Gasteiger partial charge >= 0.3 is 0 Å². The van der Waals surface area contributed by atoms with Gasteiger partial charge in [-0.15, -0.1) is 0 Å². The van der Waals surface area contributed by atoms with Gasteiger partial charge in [0.2, 0.25) is 0 Å². The molecule has 4 nitrogen and oxygen atoms in total. The number of likely N-dealkylation sites (N-methyl/N-ethyl adjacent to an activating group) is 1. The van der Waals surface area contributed by atoms with Gasteiger partial charge in [-0.05, 0) is 37.9 Å². The Bertz CT molecular complexity index is 478. The summed E-state index contributed by atoms with van der Waals surface area (Å²) >= 11 is 0. The van der Waals surface area contributed by atoms with Gasteiger partial charge in [0, 0.05) is 19.1 Å². The van der Waals surface area contributed by atoms with Gasteiger partial charge in [-0.25, -0.2) is 0 Å². The summed E-state index contributed by atoms with van der Waals surface area (Å²) < 4.78 is 11.9. The summed E-state index contributed by atoms with van der Waals surface area (Å²) in [6.07, 6.45) is 2.49. The summed E-state index contributed by atoms with van der Waals surface area (Å²) in [4.78, 5) is 2.41. The molecule has 21 heavy (non-hydrogen) atoms. The van der Waals surface area contributed by atoms with Crippen molar-refractivity contribution in [1.82, 2.24) is 4.90 Å². The summed E-state index contributed by atoms with van der Waals surface area (Å²) in [5, 5.41) is 3.56. The van der Waals surface area contributed by atoms with Gasteiger partial charge in [-0.3, -0.25) is 4.90 Å². The fraction of sp³-hybridized carbons (Fsp3) is 0.647. The first-order valence-corrected chi connectivity index (χ1v) is 8.11. The molecule has 4 heteroatoms. The highest BCUT2D eigenvalue weighted by atomic mass is 16.5. The van der Waals surface area contributed by atoms with Gasteiger partial charge in [0.05, 0.1) is 12.3 Å². The van der Waals surface area contributed by atoms with Crippen molar-refractivity contribution >= 4 is 5.69 Å². The zero-order valence-corrected chi connectivity index (χ0v) is 13.1. The first-order valence-electron chi connectivity index (χ1n) is 8.11. The number of hydrogen-bond acceptors (Lipinski definition) is 4. The van der Waals surface area contributed by atoms with Crippen molar-refractivity contribution in [2.24, 2.45) is 0 Å². The first kappa shape index (κ1) is 14.7. The van der Waals surface area contributed by atoms with Crippen LogP contribution in [-0.4, -0.2) is 49.9 Å². The molecule has 2 aliphatic heterocycles. The fourth-order valence-corrected chi connectivity index (χ4v) is 3.11. The number of anilines is 1. The molecule has 1 fully saturated rings. The monoisotopic (exact) mass is 290 g/mol. The van der Waals surface area contributed by atoms with E-state index in [1.54, 1.807) is 0 Å². The number of ether oxygens (including phenoxy) is 2. The first-order chi connectivity index (χ1) is 10.3. The Kier molecular flexibility index (Phi) is 4.66. The average Bonchev–Trinajstić information content (AvgIpc) is 2.53. The molecular formula is C17H26N2O2. The highest BCUT2D eigenvalue weighted by Crippen LogP contribution is 2.34. The van der Waals surface area contributed by atoms with Gasteiger partial charge < -0.3 is 14.8 Å². The lowest BCUT2D eigenvalue weighted by Gasteiger charge is -2.32. The van der Waals surface area contributed by atoms with Crippen LogP contribution in [0.15, 0.2) is 18.2 Å². The Morgan fingerprint density at radius 1 is 1.43 bits per heavy atom. The van der Waals surface area contributed by atoms with E-state index in [1.807, 2.05) is 0 Å². The predicted octanol–water partition coefficient (Wildman–Crippen LogP) is 2.53. The molecule has 1 aromatic rings. The van der Waals surface area contributed by atoms with Crippen LogP contribution in [0.4, 0.5) is 5.69 Å². The van der Waals surface area contributed by atoms with E-state index < -0.39 is 0 Å². The molecule has 0 aliphatic carbocycles. The molecule has 0 bridgehead atoms. The zero-order valence-electron chi connectivity index (χ0n) is 13.1. The van der Waals surface area contributed by atoms with E-state index in [4.69, 9.17) is 9.47 Å². The van der Waals surface area contributed by atoms with Crippen molar-refractivity contribution in [3.63, 3.8) is 0 Å². The molecule has 3 rings (SSSR count). The van der Waals surface area contributed by atoms with E-state index in [0.717, 1.165) is 38.4 Å². The number of aryl methyl sites for hydroxylation is 1. The number of rotatable bonds is 4. The zero-order chi connectivity index (χ0) is 14.7. The van der Waals surface area contributed by atoms with E-state index in [9.17, 15) is 0 Å². The summed E-state index contributed by atoms with van der Waals surface area (Å²) in [6, 6.07) is 6.86. The lowest BCUT2D eigenvalue weighted by molar-refractivity contribution is -0.0463. The maximum absolute atomic E-state index is 6.07. The molecular weight excluding hydrogens is 264 g/mol. The molecule has 1 N–H and O–H groups in total. The third-order valence-corrected chi connectivity index (χ3v) is 4.44. The maximum atomic E-state index is 6.07. The second-order valence-electron chi connectivity index (χ2n) is 6.07. The standard InChI is InChI=1S/C17H26N2O2/c1-3-19-9-10-20-15(11-19)12-21-16-6-4-5-14-8-7-13(2)18-17(14)16/h4-6,13,15,18H,3,7-12H2,1-2H3. The van der Waals surface area contributed by atoms with Gasteiger partial charge in [0.15, 0.2) is 0 Å². The molecule has 0 spiro atoms. The van der Waals surface area contributed by atoms with E-state index >= 15 is 0 Å². The third kappa shape index (κ3) is 3.50. The van der Waals surface area contributed by atoms with Crippen LogP contribution in [0, 0.1) is 0 Å². The smallest absolute Gasteiger partial charge is 0.142 e. The number of hydrogen-bond donors (Lipinski definition) is 1. The van der Waals surface area contributed by atoms with Crippen LogP contribution in [-0.2, 0) is 11.2 Å². The minimum Gasteiger partial charge on any atom is -0.489 e. The van der Waals surface area contributed by atoms with Crippen molar-refractivity contribution in [2.45, 2.75) is 38.8 Å². The second kappa shape index (κ2) is 6.67. The van der Waals surface area contributed by atoms with E-state index in [-0.39, 0.29) is 6.10 Å².